The topological polar surface area (TPSA) is 83.1 Å². The third-order valence-electron chi connectivity index (χ3n) is 11.5. The third kappa shape index (κ3) is 15.0. The summed E-state index contributed by atoms with van der Waals surface area (Å²) in [6.07, 6.45) is 5.09. The number of thiol groups is 1. The zero-order valence-corrected chi connectivity index (χ0v) is 44.4. The van der Waals surface area contributed by atoms with Crippen molar-refractivity contribution in [1.29, 1.82) is 0 Å². The zero-order chi connectivity index (χ0) is 45.6. The van der Waals surface area contributed by atoms with Crippen LogP contribution in [0.25, 0.3) is 43.8 Å². The Morgan fingerprint density at radius 2 is 0.667 bits per heavy atom. The minimum Gasteiger partial charge on any atom is -0.377 e. The molecule has 0 spiro atoms. The third-order valence-corrected chi connectivity index (χ3v) is 22.4. The molecule has 5 aromatic rings. The molecule has 0 saturated heterocycles. The van der Waals surface area contributed by atoms with Crippen LogP contribution in [0.5, 0.6) is 0 Å². The van der Waals surface area contributed by atoms with Gasteiger partial charge in [-0.1, -0.05) is 97.1 Å². The van der Waals surface area contributed by atoms with Crippen LogP contribution >= 0.6 is 36.2 Å². The lowest BCUT2D eigenvalue weighted by molar-refractivity contribution is 0.123. The Morgan fingerprint density at radius 1 is 0.381 bits per heavy atom. The van der Waals surface area contributed by atoms with Gasteiger partial charge in [0.1, 0.15) is 0 Å². The Kier molecular flexibility index (Phi) is 24.0. The minimum atomic E-state index is -2.48. The first-order chi connectivity index (χ1) is 30.7. The quantitative estimate of drug-likeness (QED) is 0.0225. The molecule has 0 N–H and O–H groups in total. The normalized spacial score (nSPS) is 12.2. The van der Waals surface area contributed by atoms with Crippen LogP contribution in [0.2, 0.25) is 18.1 Å². The molecule has 0 heterocycles. The number of thioether (sulfide) groups is 2. The first kappa shape index (κ1) is 53.6. The van der Waals surface area contributed by atoms with Gasteiger partial charge in [0.2, 0.25) is 0 Å². The standard InChI is InChI=1S/C42H54O6S2Si2.C6H16O3SSi/c1-43-51(44-2,45-3)31-11-27-49-29-25-33-17-21-35(22-18-33)41-37-13-7-9-15-39(37)42(40-16-10-8-14-38(40)41)36-23-19-34(20-24-36)26-30-50-28-12-32-52(46-4,47-5)48-6;1-7-11(8-2,9-3)6-4-5-10/h7-10,13-24H,11-12,25-32H2,1-6H3;10H,4-6H2,1-3H3. The molecule has 0 aromatic heterocycles. The van der Waals surface area contributed by atoms with Gasteiger partial charge in [0.25, 0.3) is 0 Å². The van der Waals surface area contributed by atoms with Crippen molar-refractivity contribution in [3.8, 4) is 22.3 Å². The van der Waals surface area contributed by atoms with Crippen LogP contribution in [-0.2, 0) is 52.7 Å². The Labute approximate surface area is 395 Å². The fourth-order valence-electron chi connectivity index (χ4n) is 7.76. The molecular formula is C48H70O9S3Si3. The van der Waals surface area contributed by atoms with E-state index in [0.29, 0.717) is 0 Å². The van der Waals surface area contributed by atoms with E-state index in [0.717, 1.165) is 79.0 Å². The van der Waals surface area contributed by atoms with E-state index in [1.807, 2.05) is 23.5 Å². The molecule has 0 saturated carbocycles. The average molecular weight is 972 g/mol. The Balaban J connectivity index is 0.000000697. The van der Waals surface area contributed by atoms with Crippen molar-refractivity contribution in [3.05, 3.63) is 108 Å². The SMILES string of the molecule is CO[Si](CCCS)(OC)OC.CO[Si](CCCSCCc1ccc(-c2c3ccccc3c(-c3ccc(CCSCCC[Si](OC)(OC)OC)cc3)c3ccccc23)cc1)(OC)OC. The van der Waals surface area contributed by atoms with Gasteiger partial charge < -0.3 is 39.8 Å². The molecule has 0 aliphatic carbocycles. The fourth-order valence-corrected chi connectivity index (χ4v) is 15.8. The molecule has 0 aliphatic heterocycles. The summed E-state index contributed by atoms with van der Waals surface area (Å²) in [4.78, 5) is 0. The maximum Gasteiger partial charge on any atom is 0.500 e. The molecule has 0 amide bonds. The molecule has 0 fully saturated rings. The van der Waals surface area contributed by atoms with Crippen molar-refractivity contribution in [3.63, 3.8) is 0 Å². The van der Waals surface area contributed by atoms with Gasteiger partial charge in [0, 0.05) is 82.1 Å². The van der Waals surface area contributed by atoms with E-state index < -0.39 is 26.4 Å². The van der Waals surface area contributed by atoms with Crippen molar-refractivity contribution in [2.45, 2.75) is 50.2 Å². The maximum absolute atomic E-state index is 5.56. The number of rotatable bonds is 28. The Bertz CT molecular complexity index is 1830. The summed E-state index contributed by atoms with van der Waals surface area (Å²) in [5.74, 6) is 5.14. The summed E-state index contributed by atoms with van der Waals surface area (Å²) in [5.41, 5.74) is 7.83. The molecule has 346 valence electrons. The van der Waals surface area contributed by atoms with Crippen LogP contribution in [0.15, 0.2) is 97.1 Å². The first-order valence-corrected chi connectivity index (χ1v) is 30.3. The van der Waals surface area contributed by atoms with E-state index in [-0.39, 0.29) is 0 Å². The van der Waals surface area contributed by atoms with Gasteiger partial charge in [0.05, 0.1) is 0 Å². The Hall–Kier alpha value is -2.04. The summed E-state index contributed by atoms with van der Waals surface area (Å²) >= 11 is 8.06. The van der Waals surface area contributed by atoms with Gasteiger partial charge in [-0.05, 0) is 116 Å². The highest BCUT2D eigenvalue weighted by Gasteiger charge is 2.38. The number of benzene rings is 5. The predicted octanol–water partition coefficient (Wildman–Crippen LogP) is 11.6. The lowest BCUT2D eigenvalue weighted by Gasteiger charge is -2.24. The monoisotopic (exact) mass is 970 g/mol. The van der Waals surface area contributed by atoms with Crippen LogP contribution < -0.4 is 0 Å². The molecule has 0 unspecified atom stereocenters. The highest BCUT2D eigenvalue weighted by atomic mass is 32.2. The highest BCUT2D eigenvalue weighted by Crippen LogP contribution is 2.43. The first-order valence-electron chi connectivity index (χ1n) is 21.5. The highest BCUT2D eigenvalue weighted by molar-refractivity contribution is 7.99. The van der Waals surface area contributed by atoms with E-state index in [1.165, 1.54) is 54.9 Å². The average Bonchev–Trinajstić information content (AvgIpc) is 3.34. The summed E-state index contributed by atoms with van der Waals surface area (Å²) in [7, 11) is 7.71. The van der Waals surface area contributed by atoms with Gasteiger partial charge in [-0.25, -0.2) is 0 Å². The van der Waals surface area contributed by atoms with E-state index in [4.69, 9.17) is 39.8 Å². The van der Waals surface area contributed by atoms with E-state index >= 15 is 0 Å². The van der Waals surface area contributed by atoms with Gasteiger partial charge in [-0.15, -0.1) is 0 Å². The molecule has 0 radical (unpaired) electrons. The lowest BCUT2D eigenvalue weighted by Crippen LogP contribution is -2.42. The van der Waals surface area contributed by atoms with Gasteiger partial charge in [-0.3, -0.25) is 0 Å². The second-order valence-electron chi connectivity index (χ2n) is 14.9. The van der Waals surface area contributed by atoms with Crippen LogP contribution in [0.3, 0.4) is 0 Å². The second-order valence-corrected chi connectivity index (χ2v) is 27.0. The Morgan fingerprint density at radius 3 is 0.937 bits per heavy atom. The van der Waals surface area contributed by atoms with Crippen LogP contribution in [0.4, 0.5) is 0 Å². The molecule has 9 nitrogen and oxygen atoms in total. The van der Waals surface area contributed by atoms with E-state index in [1.54, 1.807) is 64.0 Å². The van der Waals surface area contributed by atoms with Crippen molar-refractivity contribution in [1.82, 2.24) is 0 Å². The van der Waals surface area contributed by atoms with Crippen molar-refractivity contribution in [2.75, 3.05) is 92.8 Å². The number of aryl methyl sites for hydroxylation is 2. The molecule has 5 aromatic carbocycles. The minimum absolute atomic E-state index is 0.833. The largest absolute Gasteiger partial charge is 0.500 e. The second kappa shape index (κ2) is 28.2. The summed E-state index contributed by atoms with van der Waals surface area (Å²) < 4.78 is 49.0. The summed E-state index contributed by atoms with van der Waals surface area (Å²) in [6, 6.07) is 38.7. The van der Waals surface area contributed by atoms with Crippen LogP contribution in [0, 0.1) is 0 Å². The van der Waals surface area contributed by atoms with Crippen molar-refractivity contribution in [2.24, 2.45) is 0 Å². The van der Waals surface area contributed by atoms with Gasteiger partial charge in [-0.2, -0.15) is 36.2 Å². The molecule has 5 rings (SSSR count). The fraction of sp³-hybridized carbons (Fsp3) is 0.458. The number of hydrogen-bond acceptors (Lipinski definition) is 12. The van der Waals surface area contributed by atoms with Crippen molar-refractivity contribution >= 4 is 84.1 Å². The molecular weight excluding hydrogens is 901 g/mol. The number of hydrogen-bond donors (Lipinski definition) is 1. The van der Waals surface area contributed by atoms with E-state index in [9.17, 15) is 0 Å². The van der Waals surface area contributed by atoms with E-state index in [2.05, 4.69) is 110 Å². The summed E-state index contributed by atoms with van der Waals surface area (Å²) in [5, 5.41) is 5.13. The van der Waals surface area contributed by atoms with Gasteiger partial charge in [0.15, 0.2) is 0 Å². The smallest absolute Gasteiger partial charge is 0.377 e. The van der Waals surface area contributed by atoms with Gasteiger partial charge >= 0.3 is 26.4 Å². The molecule has 0 atom stereocenters. The molecule has 63 heavy (non-hydrogen) atoms. The van der Waals surface area contributed by atoms with Crippen LogP contribution in [-0.4, -0.2) is 119 Å². The zero-order valence-electron chi connectivity index (χ0n) is 38.9. The predicted molar refractivity (Wildman–Crippen MR) is 277 cm³/mol. The van der Waals surface area contributed by atoms with Crippen LogP contribution in [0.1, 0.15) is 30.4 Å². The lowest BCUT2D eigenvalue weighted by atomic mass is 9.85. The molecule has 0 aliphatic rings. The van der Waals surface area contributed by atoms with Crippen molar-refractivity contribution < 1.29 is 39.8 Å². The maximum atomic E-state index is 5.56. The summed E-state index contributed by atoms with van der Waals surface area (Å²) in [6.45, 7) is 0. The number of fused-ring (bicyclic) bond motifs is 2. The molecule has 15 heteroatoms. The molecule has 0 bridgehead atoms.